The van der Waals surface area contributed by atoms with E-state index in [0.717, 1.165) is 16.0 Å². The van der Waals surface area contributed by atoms with Crippen LogP contribution in [0.25, 0.3) is 0 Å². The highest BCUT2D eigenvalue weighted by Crippen LogP contribution is 2.19. The van der Waals surface area contributed by atoms with Gasteiger partial charge in [-0.1, -0.05) is 81.5 Å². The Kier molecular flexibility index (Phi) is 25.6. The Morgan fingerprint density at radius 3 is 2.07 bits per heavy atom. The lowest BCUT2D eigenvalue weighted by molar-refractivity contribution is -0.146. The van der Waals surface area contributed by atoms with Crippen LogP contribution < -0.4 is 43.4 Å². The number of carbonyl (C=O) groups excluding carboxylic acids is 7. The number of guanidine groups is 1. The quantitative estimate of drug-likeness (QED) is 0.0351. The molecule has 0 aliphatic carbocycles. The molecule has 1 fully saturated rings. The largest absolute Gasteiger partial charge is 0.480 e. The number of likely N-dealkylation sites (N-methyl/N-ethyl adjacent to an activating group) is 1. The van der Waals surface area contributed by atoms with Crippen LogP contribution in [-0.4, -0.2) is 149 Å². The van der Waals surface area contributed by atoms with E-state index >= 15 is 0 Å². The van der Waals surface area contributed by atoms with Crippen LogP contribution in [-0.2, 0) is 54.3 Å². The third kappa shape index (κ3) is 20.2. The number of nitrogens with two attached hydrogens (primary N) is 2. The predicted octanol–water partition coefficient (Wildman–Crippen LogP) is 0.325. The minimum atomic E-state index is -1.89. The maximum Gasteiger partial charge on any atom is 0.327 e. The van der Waals surface area contributed by atoms with Gasteiger partial charge in [-0.15, -0.1) is 0 Å². The first-order valence-electron chi connectivity index (χ1n) is 23.1. The molecule has 0 spiro atoms. The Balaban J connectivity index is 2.68. The van der Waals surface area contributed by atoms with Crippen LogP contribution in [0.5, 0.6) is 0 Å². The maximum absolute atomic E-state index is 14.3. The van der Waals surface area contributed by atoms with Crippen LogP contribution in [0.4, 0.5) is 0 Å². The van der Waals surface area contributed by atoms with E-state index in [4.69, 9.17) is 16.2 Å². The lowest BCUT2D eigenvalue weighted by Crippen LogP contribution is -2.59. The molecule has 1 heterocycles. The smallest absolute Gasteiger partial charge is 0.327 e. The first kappa shape index (κ1) is 60.4. The van der Waals surface area contributed by atoms with E-state index in [-0.39, 0.29) is 43.8 Å². The van der Waals surface area contributed by atoms with Gasteiger partial charge in [0.15, 0.2) is 5.96 Å². The van der Waals surface area contributed by atoms with Gasteiger partial charge in [0.25, 0.3) is 5.91 Å². The number of thioether (sulfide) groups is 1. The highest BCUT2D eigenvalue weighted by molar-refractivity contribution is 7.98. The lowest BCUT2D eigenvalue weighted by atomic mass is 9.94. The normalized spacial score (nSPS) is 25.2. The number of nitrogens with one attached hydrogen (secondary N) is 6. The number of carbonyl (C=O) groups is 9. The zero-order valence-corrected chi connectivity index (χ0v) is 42.5. The van der Waals surface area contributed by atoms with Crippen molar-refractivity contribution in [3.05, 3.63) is 72.0 Å². The second-order valence-electron chi connectivity index (χ2n) is 17.4. The number of hydrogen-bond donors (Lipinski definition) is 10. The fraction of sp³-hybridized carbons (Fsp3) is 0.542. The fourth-order valence-corrected chi connectivity index (χ4v) is 7.73. The van der Waals surface area contributed by atoms with Gasteiger partial charge in [0, 0.05) is 33.0 Å². The van der Waals surface area contributed by atoms with Crippen molar-refractivity contribution in [1.29, 1.82) is 0 Å². The summed E-state index contributed by atoms with van der Waals surface area (Å²) in [7, 11) is 2.82. The summed E-state index contributed by atoms with van der Waals surface area (Å²) in [5.41, 5.74) is 12.2. The number of allylic oxidation sites excluding steroid dienone is 2. The van der Waals surface area contributed by atoms with Crippen LogP contribution in [0.3, 0.4) is 0 Å². The summed E-state index contributed by atoms with van der Waals surface area (Å²) >= 11 is 1.35. The van der Waals surface area contributed by atoms with Gasteiger partial charge in [0.1, 0.15) is 35.9 Å². The molecule has 392 valence electrons. The highest BCUT2D eigenvalue weighted by atomic mass is 32.2. The molecule has 1 aliphatic heterocycles. The topological polar surface area (TPSA) is 343 Å². The molecule has 7 amide bonds. The summed E-state index contributed by atoms with van der Waals surface area (Å²) in [4.78, 5) is 126. The Hall–Kier alpha value is -6.75. The summed E-state index contributed by atoms with van der Waals surface area (Å²) in [5, 5.41) is 35.5. The SMILES string of the molecule is C=C1C(=O)NC(C)C(=O)NC(CCCN=C(N)N)C(=O)NC(C(=O)O)C(C)C(=O)NC(CCSC)C(=O)NC(C=CC(C)=CC(C)C(Cc2ccccc2)OC)C(C)C(=O)NC(C(=O)O)CCC(=O)N1C. The van der Waals surface area contributed by atoms with Crippen LogP contribution in [0.15, 0.2) is 71.4 Å². The van der Waals surface area contributed by atoms with E-state index in [1.54, 1.807) is 25.5 Å². The van der Waals surface area contributed by atoms with Gasteiger partial charge in [-0.2, -0.15) is 11.8 Å². The van der Waals surface area contributed by atoms with Gasteiger partial charge in [-0.25, -0.2) is 9.59 Å². The molecule has 1 aromatic carbocycles. The summed E-state index contributed by atoms with van der Waals surface area (Å²) in [6, 6.07) is 1.04. The van der Waals surface area contributed by atoms with Crippen molar-refractivity contribution >= 4 is 71.0 Å². The number of benzene rings is 1. The molecule has 1 aliphatic rings. The standard InChI is InChI=1S/C48H72N10O12S/c1-26(24-27(2)37(70-8)25-32-14-11-10-12-15-32)17-18-33-28(3)40(60)56-36(46(66)67)19-20-38(59)58(7)31(6)43(63)52-30(5)42(62)55-34(16-13-22-51-48(49)50)45(65)57-39(47(68)69)29(4)41(61)54-35(21-23-71-9)44(64)53-33/h10-12,14-15,17-18,24,27-30,33-37,39H,6,13,16,19-23,25H2,1-5,7-9H3,(H,52,63)(H,53,64)(H,54,61)(H,55,62)(H,56,60)(H,57,65)(H,66,67)(H,68,69)(H4,49,50,51). The number of carboxylic acids is 2. The van der Waals surface area contributed by atoms with Crippen molar-refractivity contribution in [3.63, 3.8) is 0 Å². The number of rotatable bonds is 16. The van der Waals surface area contributed by atoms with Gasteiger partial charge in [0.05, 0.1) is 24.0 Å². The van der Waals surface area contributed by atoms with E-state index < -0.39 is 120 Å². The fourth-order valence-electron chi connectivity index (χ4n) is 7.26. The van der Waals surface area contributed by atoms with E-state index in [1.165, 1.54) is 39.6 Å². The minimum Gasteiger partial charge on any atom is -0.480 e. The summed E-state index contributed by atoms with van der Waals surface area (Å²) in [6.45, 7) is 11.4. The van der Waals surface area contributed by atoms with Gasteiger partial charge >= 0.3 is 11.9 Å². The molecule has 0 saturated carbocycles. The molecule has 0 bridgehead atoms. The predicted molar refractivity (Wildman–Crippen MR) is 268 cm³/mol. The lowest BCUT2D eigenvalue weighted by Gasteiger charge is -2.28. The van der Waals surface area contributed by atoms with E-state index in [1.807, 2.05) is 50.3 Å². The molecular weight excluding hydrogens is 941 g/mol. The van der Waals surface area contributed by atoms with Gasteiger partial charge in [-0.05, 0) is 63.5 Å². The number of hydrogen-bond acceptors (Lipinski definition) is 12. The van der Waals surface area contributed by atoms with E-state index in [0.29, 0.717) is 12.2 Å². The number of amides is 7. The second kappa shape index (κ2) is 30.1. The molecule has 0 aromatic heterocycles. The minimum absolute atomic E-state index is 0.0154. The number of carboxylic acid groups (broad SMARTS) is 2. The monoisotopic (exact) mass is 1010 g/mol. The van der Waals surface area contributed by atoms with E-state index in [9.17, 15) is 53.4 Å². The van der Waals surface area contributed by atoms with Crippen molar-refractivity contribution in [2.75, 3.05) is 32.7 Å². The molecule has 1 aromatic rings. The zero-order valence-electron chi connectivity index (χ0n) is 41.7. The van der Waals surface area contributed by atoms with Gasteiger partial charge in [-0.3, -0.25) is 38.6 Å². The Bertz CT molecular complexity index is 2150. The number of ether oxygens (including phenoxy) is 1. The molecule has 0 radical (unpaired) electrons. The van der Waals surface area contributed by atoms with Crippen molar-refractivity contribution in [1.82, 2.24) is 36.8 Å². The van der Waals surface area contributed by atoms with Crippen LogP contribution in [0.1, 0.15) is 72.3 Å². The molecule has 22 nitrogen and oxygen atoms in total. The van der Waals surface area contributed by atoms with Crippen molar-refractivity contribution in [2.45, 2.75) is 115 Å². The summed E-state index contributed by atoms with van der Waals surface area (Å²) in [5.74, 6) is -12.0. The molecule has 1 saturated heterocycles. The number of methoxy groups -OCH3 is 1. The van der Waals surface area contributed by atoms with Gasteiger partial charge in [0.2, 0.25) is 35.4 Å². The molecule has 23 heteroatoms. The van der Waals surface area contributed by atoms with Crippen molar-refractivity contribution in [2.24, 2.45) is 34.2 Å². The molecule has 12 N–H and O–H groups in total. The third-order valence-electron chi connectivity index (χ3n) is 11.9. The Morgan fingerprint density at radius 1 is 0.873 bits per heavy atom. The van der Waals surface area contributed by atoms with E-state index in [2.05, 4.69) is 43.5 Å². The zero-order chi connectivity index (χ0) is 53.5. The Labute approximate surface area is 419 Å². The molecule has 10 unspecified atom stereocenters. The number of aliphatic imine (C=N–C) groups is 1. The highest BCUT2D eigenvalue weighted by Gasteiger charge is 2.37. The summed E-state index contributed by atoms with van der Waals surface area (Å²) < 4.78 is 5.81. The van der Waals surface area contributed by atoms with Crippen molar-refractivity contribution < 1.29 is 58.1 Å². The van der Waals surface area contributed by atoms with Crippen LogP contribution in [0, 0.1) is 17.8 Å². The molecule has 71 heavy (non-hydrogen) atoms. The van der Waals surface area contributed by atoms with Crippen LogP contribution >= 0.6 is 11.8 Å². The molecule has 2 rings (SSSR count). The van der Waals surface area contributed by atoms with Crippen LogP contribution in [0.2, 0.25) is 0 Å². The van der Waals surface area contributed by atoms with Gasteiger partial charge < -0.3 is 63.2 Å². The maximum atomic E-state index is 14.3. The third-order valence-corrected chi connectivity index (χ3v) is 12.5. The average Bonchev–Trinajstić information content (AvgIpc) is 3.32. The average molecular weight is 1010 g/mol. The summed E-state index contributed by atoms with van der Waals surface area (Å²) in [6.07, 6.45) is 6.48. The second-order valence-corrected chi connectivity index (χ2v) is 18.4. The molecular formula is C48H72N10O12S. The Morgan fingerprint density at radius 2 is 1.48 bits per heavy atom. The van der Waals surface area contributed by atoms with Crippen molar-refractivity contribution in [3.8, 4) is 0 Å². The first-order valence-corrected chi connectivity index (χ1v) is 24.5. The number of nitrogens with zero attached hydrogens (tertiary/aromatic N) is 2. The molecule has 10 atom stereocenters. The first-order chi connectivity index (χ1) is 33.4. The number of aliphatic carboxylic acids is 2.